The van der Waals surface area contributed by atoms with E-state index >= 15 is 0 Å². The molecule has 15 heavy (non-hydrogen) atoms. The molecule has 0 saturated carbocycles. The summed E-state index contributed by atoms with van der Waals surface area (Å²) in [4.78, 5) is 14.3. The van der Waals surface area contributed by atoms with Gasteiger partial charge in [-0.1, -0.05) is 0 Å². The predicted octanol–water partition coefficient (Wildman–Crippen LogP) is 1.36. The number of aromatic nitrogens is 3. The zero-order valence-electron chi connectivity index (χ0n) is 7.42. The summed E-state index contributed by atoms with van der Waals surface area (Å²) < 4.78 is 2.05. The lowest BCUT2D eigenvalue weighted by atomic mass is 10.4. The van der Waals surface area contributed by atoms with E-state index in [0.717, 1.165) is 0 Å². The van der Waals surface area contributed by atoms with E-state index in [1.165, 1.54) is 16.9 Å². The molecule has 2 rings (SSSR count). The molecule has 0 radical (unpaired) electrons. The average Bonchev–Trinajstić information content (AvgIpc) is 2.70. The zero-order valence-corrected chi connectivity index (χ0v) is 9.01. The molecule has 0 aliphatic rings. The molecule has 76 valence electrons. The molecular formula is C8H6BrN4O2+. The number of aromatic amines is 1. The van der Waals surface area contributed by atoms with Crippen LogP contribution in [0.2, 0.25) is 0 Å². The van der Waals surface area contributed by atoms with Crippen molar-refractivity contribution < 1.29 is 9.61 Å². The molecule has 2 aromatic rings. The highest BCUT2D eigenvalue weighted by Crippen LogP contribution is 2.20. The van der Waals surface area contributed by atoms with Crippen molar-refractivity contribution in [3.8, 4) is 5.82 Å². The van der Waals surface area contributed by atoms with E-state index in [-0.39, 0.29) is 11.5 Å². The van der Waals surface area contributed by atoms with E-state index in [1.807, 2.05) is 0 Å². The van der Waals surface area contributed by atoms with Crippen molar-refractivity contribution in [1.29, 1.82) is 0 Å². The van der Waals surface area contributed by atoms with Gasteiger partial charge in [0.1, 0.15) is 6.20 Å². The minimum Gasteiger partial charge on any atom is -0.258 e. The highest BCUT2D eigenvalue weighted by atomic mass is 79.9. The molecular weight excluding hydrogens is 264 g/mol. The summed E-state index contributed by atoms with van der Waals surface area (Å²) in [7, 11) is 0. The van der Waals surface area contributed by atoms with Crippen LogP contribution in [0.5, 0.6) is 0 Å². The van der Waals surface area contributed by atoms with E-state index in [1.54, 1.807) is 18.5 Å². The van der Waals surface area contributed by atoms with Crippen molar-refractivity contribution in [3.05, 3.63) is 45.3 Å². The third-order valence-electron chi connectivity index (χ3n) is 1.78. The van der Waals surface area contributed by atoms with Gasteiger partial charge in [0, 0.05) is 12.3 Å². The predicted molar refractivity (Wildman–Crippen MR) is 54.5 cm³/mol. The Morgan fingerprint density at radius 2 is 2.40 bits per heavy atom. The number of rotatable bonds is 2. The van der Waals surface area contributed by atoms with E-state index in [4.69, 9.17) is 0 Å². The monoisotopic (exact) mass is 269 g/mol. The first-order valence-corrected chi connectivity index (χ1v) is 4.83. The van der Waals surface area contributed by atoms with Gasteiger partial charge in [-0.2, -0.15) is 0 Å². The second-order valence-electron chi connectivity index (χ2n) is 2.76. The second-order valence-corrected chi connectivity index (χ2v) is 3.68. The van der Waals surface area contributed by atoms with Crippen molar-refractivity contribution in [2.75, 3.05) is 0 Å². The van der Waals surface area contributed by atoms with Crippen LogP contribution < -0.4 is 4.68 Å². The Labute approximate surface area is 92.8 Å². The molecule has 0 amide bonds. The summed E-state index contributed by atoms with van der Waals surface area (Å²) in [6, 6.07) is 3.14. The summed E-state index contributed by atoms with van der Waals surface area (Å²) in [6.07, 6.45) is 4.83. The molecule has 2 aromatic heterocycles. The molecule has 0 aliphatic heterocycles. The molecule has 0 fully saturated rings. The SMILES string of the molecule is O=[N+]([O-])c1cc(Br)cnc1-[n+]1ccc[nH]1. The molecule has 0 unspecified atom stereocenters. The Kier molecular flexibility index (Phi) is 2.46. The fraction of sp³-hybridized carbons (Fsp3) is 0. The normalized spacial score (nSPS) is 10.2. The summed E-state index contributed by atoms with van der Waals surface area (Å²) in [5.74, 6) is 0.258. The topological polar surface area (TPSA) is 75.7 Å². The van der Waals surface area contributed by atoms with Crippen LogP contribution in [0, 0.1) is 10.1 Å². The van der Waals surface area contributed by atoms with Crippen LogP contribution in [0.3, 0.4) is 0 Å². The van der Waals surface area contributed by atoms with Crippen LogP contribution in [0.25, 0.3) is 5.82 Å². The van der Waals surface area contributed by atoms with Gasteiger partial charge in [0.25, 0.3) is 0 Å². The average molecular weight is 270 g/mol. The quantitative estimate of drug-likeness (QED) is 0.508. The van der Waals surface area contributed by atoms with Gasteiger partial charge in [-0.25, -0.2) is 5.10 Å². The summed E-state index contributed by atoms with van der Waals surface area (Å²) in [6.45, 7) is 0. The van der Waals surface area contributed by atoms with Crippen LogP contribution in [-0.4, -0.2) is 15.0 Å². The summed E-state index contributed by atoms with van der Waals surface area (Å²) >= 11 is 3.14. The minimum atomic E-state index is -0.471. The molecule has 0 aromatic carbocycles. The molecule has 6 nitrogen and oxygen atoms in total. The minimum absolute atomic E-state index is 0.0585. The zero-order chi connectivity index (χ0) is 10.8. The van der Waals surface area contributed by atoms with Gasteiger partial charge >= 0.3 is 11.5 Å². The molecule has 7 heteroatoms. The lowest BCUT2D eigenvalue weighted by Gasteiger charge is -1.93. The Morgan fingerprint density at radius 1 is 1.60 bits per heavy atom. The first-order chi connectivity index (χ1) is 7.18. The molecule has 0 atom stereocenters. The maximum absolute atomic E-state index is 10.8. The van der Waals surface area contributed by atoms with Gasteiger partial charge < -0.3 is 0 Å². The van der Waals surface area contributed by atoms with Crippen molar-refractivity contribution in [3.63, 3.8) is 0 Å². The van der Waals surface area contributed by atoms with E-state index < -0.39 is 4.92 Å². The first kappa shape index (κ1) is 9.78. The molecule has 2 heterocycles. The fourth-order valence-corrected chi connectivity index (χ4v) is 1.49. The van der Waals surface area contributed by atoms with Crippen molar-refractivity contribution in [1.82, 2.24) is 10.1 Å². The van der Waals surface area contributed by atoms with Crippen molar-refractivity contribution in [2.45, 2.75) is 0 Å². The highest BCUT2D eigenvalue weighted by molar-refractivity contribution is 9.10. The molecule has 0 spiro atoms. The molecule has 0 saturated heterocycles. The Balaban J connectivity index is 2.61. The van der Waals surface area contributed by atoms with E-state index in [2.05, 4.69) is 26.0 Å². The first-order valence-electron chi connectivity index (χ1n) is 4.04. The summed E-state index contributed by atoms with van der Waals surface area (Å²) in [5.41, 5.74) is -0.0585. The number of pyridine rings is 1. The summed E-state index contributed by atoms with van der Waals surface area (Å²) in [5, 5.41) is 13.6. The van der Waals surface area contributed by atoms with E-state index in [9.17, 15) is 10.1 Å². The maximum Gasteiger partial charge on any atom is 0.425 e. The van der Waals surface area contributed by atoms with E-state index in [0.29, 0.717) is 4.47 Å². The number of nitro groups is 1. The number of nitrogens with one attached hydrogen (secondary N) is 1. The number of nitrogens with zero attached hydrogens (tertiary/aromatic N) is 3. The number of hydrogen-bond acceptors (Lipinski definition) is 3. The van der Waals surface area contributed by atoms with Gasteiger partial charge in [0.2, 0.25) is 0 Å². The van der Waals surface area contributed by atoms with Crippen molar-refractivity contribution >= 4 is 21.6 Å². The smallest absolute Gasteiger partial charge is 0.258 e. The van der Waals surface area contributed by atoms with Gasteiger partial charge in [-0.05, 0) is 27.0 Å². The molecule has 0 aliphatic carbocycles. The number of H-pyrrole nitrogens is 1. The third kappa shape index (κ3) is 1.86. The second kappa shape index (κ2) is 3.77. The van der Waals surface area contributed by atoms with Crippen molar-refractivity contribution in [2.24, 2.45) is 0 Å². The highest BCUT2D eigenvalue weighted by Gasteiger charge is 2.25. The maximum atomic E-state index is 10.8. The van der Waals surface area contributed by atoms with Crippen LogP contribution >= 0.6 is 15.9 Å². The standard InChI is InChI=1S/C8H5BrN4O2/c9-6-4-7(13(14)15)8(10-5-6)12-3-1-2-11-12/h1-5H/p+1. The molecule has 1 N–H and O–H groups in total. The third-order valence-corrected chi connectivity index (χ3v) is 2.22. The van der Waals surface area contributed by atoms with Crippen LogP contribution in [0.15, 0.2) is 35.2 Å². The van der Waals surface area contributed by atoms with Crippen LogP contribution in [0.1, 0.15) is 0 Å². The number of hydrogen-bond donors (Lipinski definition) is 1. The Hall–Kier alpha value is -1.76. The fourth-order valence-electron chi connectivity index (χ4n) is 1.17. The Bertz CT molecular complexity index is 497. The number of halogens is 1. The van der Waals surface area contributed by atoms with Gasteiger partial charge in [0.05, 0.1) is 9.40 Å². The van der Waals surface area contributed by atoms with Crippen LogP contribution in [0.4, 0.5) is 5.69 Å². The Morgan fingerprint density at radius 3 is 3.00 bits per heavy atom. The van der Waals surface area contributed by atoms with Gasteiger partial charge in [-0.15, -0.1) is 4.68 Å². The van der Waals surface area contributed by atoms with Gasteiger partial charge in [0.15, 0.2) is 6.20 Å². The van der Waals surface area contributed by atoms with Gasteiger partial charge in [-0.3, -0.25) is 10.1 Å². The largest absolute Gasteiger partial charge is 0.425 e. The van der Waals surface area contributed by atoms with Crippen LogP contribution in [-0.2, 0) is 0 Å². The lowest BCUT2D eigenvalue weighted by Crippen LogP contribution is -2.33. The lowest BCUT2D eigenvalue weighted by molar-refractivity contribution is -0.662. The molecule has 0 bridgehead atoms.